The van der Waals surface area contributed by atoms with E-state index in [0.717, 1.165) is 0 Å². The number of rotatable bonds is 1. The Morgan fingerprint density at radius 3 is 2.77 bits per heavy atom. The second-order valence-electron chi connectivity index (χ2n) is 4.41. The minimum absolute atomic E-state index is 0.588. The van der Waals surface area contributed by atoms with Crippen LogP contribution in [0.3, 0.4) is 0 Å². The summed E-state index contributed by atoms with van der Waals surface area (Å²) in [5.41, 5.74) is 3.75. The minimum Gasteiger partial charge on any atom is -0.313 e. The predicted molar refractivity (Wildman–Crippen MR) is 53.8 cm³/mol. The zero-order chi connectivity index (χ0) is 8.89. The van der Waals surface area contributed by atoms with Crippen molar-refractivity contribution in [3.8, 4) is 0 Å². The van der Waals surface area contributed by atoms with Crippen molar-refractivity contribution in [2.75, 3.05) is 7.05 Å². The van der Waals surface area contributed by atoms with Crippen LogP contribution in [0.25, 0.3) is 0 Å². The summed E-state index contributed by atoms with van der Waals surface area (Å²) in [6.45, 7) is 0. The van der Waals surface area contributed by atoms with E-state index in [0.29, 0.717) is 11.5 Å². The van der Waals surface area contributed by atoms with Crippen molar-refractivity contribution < 1.29 is 0 Å². The summed E-state index contributed by atoms with van der Waals surface area (Å²) in [5.74, 6) is 0. The van der Waals surface area contributed by atoms with Crippen LogP contribution in [0, 0.1) is 0 Å². The van der Waals surface area contributed by atoms with Crippen LogP contribution >= 0.6 is 0 Å². The van der Waals surface area contributed by atoms with Crippen molar-refractivity contribution in [1.29, 1.82) is 0 Å². The van der Waals surface area contributed by atoms with E-state index in [-0.39, 0.29) is 0 Å². The number of fused-ring (bicyclic) bond motifs is 2. The van der Waals surface area contributed by atoms with Crippen molar-refractivity contribution in [3.05, 3.63) is 35.4 Å². The zero-order valence-corrected chi connectivity index (χ0v) is 8.01. The maximum Gasteiger partial charge on any atom is 0.0328 e. The second-order valence-corrected chi connectivity index (χ2v) is 4.41. The molecule has 1 saturated carbocycles. The molecule has 0 amide bonds. The third kappa shape index (κ3) is 0.910. The van der Waals surface area contributed by atoms with Gasteiger partial charge in [0.25, 0.3) is 0 Å². The van der Waals surface area contributed by atoms with Gasteiger partial charge in [-0.1, -0.05) is 24.3 Å². The smallest absolute Gasteiger partial charge is 0.0328 e. The molecule has 0 saturated heterocycles. The topological polar surface area (TPSA) is 12.0 Å². The van der Waals surface area contributed by atoms with Crippen molar-refractivity contribution in [2.24, 2.45) is 0 Å². The minimum atomic E-state index is 0.588. The van der Waals surface area contributed by atoms with Crippen LogP contribution in [0.15, 0.2) is 24.3 Å². The average Bonchev–Trinajstić information content (AvgIpc) is 2.87. The van der Waals surface area contributed by atoms with Gasteiger partial charge in [-0.2, -0.15) is 0 Å². The highest BCUT2D eigenvalue weighted by molar-refractivity contribution is 5.45. The van der Waals surface area contributed by atoms with Gasteiger partial charge in [-0.05, 0) is 42.9 Å². The van der Waals surface area contributed by atoms with E-state index in [2.05, 4.69) is 36.6 Å². The molecule has 1 heteroatoms. The molecule has 0 aliphatic heterocycles. The fourth-order valence-corrected chi connectivity index (χ4v) is 2.78. The Morgan fingerprint density at radius 2 is 2.08 bits per heavy atom. The van der Waals surface area contributed by atoms with Crippen molar-refractivity contribution in [2.45, 2.75) is 30.7 Å². The Morgan fingerprint density at radius 1 is 1.31 bits per heavy atom. The van der Waals surface area contributed by atoms with E-state index < -0.39 is 0 Å². The van der Waals surface area contributed by atoms with Crippen molar-refractivity contribution >= 4 is 0 Å². The quantitative estimate of drug-likeness (QED) is 0.687. The molecular formula is C12H15N. The Balaban J connectivity index is 2.13. The van der Waals surface area contributed by atoms with Crippen LogP contribution in [0.2, 0.25) is 0 Å². The van der Waals surface area contributed by atoms with E-state index in [1.165, 1.54) is 19.3 Å². The molecule has 0 bridgehead atoms. The molecule has 1 aromatic carbocycles. The Hall–Kier alpha value is -0.820. The number of nitrogens with one attached hydrogen (secondary N) is 1. The molecule has 68 valence electrons. The summed E-state index contributed by atoms with van der Waals surface area (Å²) in [6.07, 6.45) is 4.13. The molecule has 2 aliphatic carbocycles. The van der Waals surface area contributed by atoms with Gasteiger partial charge < -0.3 is 5.32 Å². The molecule has 1 spiro atoms. The second kappa shape index (κ2) is 2.36. The fourth-order valence-electron chi connectivity index (χ4n) is 2.78. The van der Waals surface area contributed by atoms with E-state index in [4.69, 9.17) is 0 Å². The SMILES string of the molecule is CNC1CC2(CC2)c2ccccc21. The first-order valence-corrected chi connectivity index (χ1v) is 5.12. The summed E-state index contributed by atoms with van der Waals surface area (Å²) in [6, 6.07) is 9.55. The fraction of sp³-hybridized carbons (Fsp3) is 0.500. The Bertz CT molecular complexity index is 339. The lowest BCUT2D eigenvalue weighted by molar-refractivity contribution is 0.526. The monoisotopic (exact) mass is 173 g/mol. The average molecular weight is 173 g/mol. The van der Waals surface area contributed by atoms with Gasteiger partial charge in [0.1, 0.15) is 0 Å². The summed E-state index contributed by atoms with van der Waals surface area (Å²) >= 11 is 0. The summed E-state index contributed by atoms with van der Waals surface area (Å²) in [5, 5.41) is 3.42. The third-order valence-corrected chi connectivity index (χ3v) is 3.70. The molecule has 1 aromatic rings. The van der Waals surface area contributed by atoms with Crippen molar-refractivity contribution in [1.82, 2.24) is 5.32 Å². The molecule has 0 aromatic heterocycles. The number of benzene rings is 1. The van der Waals surface area contributed by atoms with Gasteiger partial charge in [0.05, 0.1) is 0 Å². The van der Waals surface area contributed by atoms with Gasteiger partial charge in [-0.15, -0.1) is 0 Å². The first-order valence-electron chi connectivity index (χ1n) is 5.12. The normalized spacial score (nSPS) is 27.6. The first kappa shape index (κ1) is 7.57. The highest BCUT2D eigenvalue weighted by Crippen LogP contribution is 2.59. The molecule has 0 heterocycles. The van der Waals surface area contributed by atoms with Crippen LogP contribution in [0.4, 0.5) is 0 Å². The zero-order valence-electron chi connectivity index (χ0n) is 8.01. The number of hydrogen-bond donors (Lipinski definition) is 1. The molecule has 3 rings (SSSR count). The maximum atomic E-state index is 3.42. The van der Waals surface area contributed by atoms with Gasteiger partial charge in [0, 0.05) is 6.04 Å². The van der Waals surface area contributed by atoms with Gasteiger partial charge in [0.15, 0.2) is 0 Å². The van der Waals surface area contributed by atoms with E-state index in [1.807, 2.05) is 0 Å². The molecular weight excluding hydrogens is 158 g/mol. The lowest BCUT2D eigenvalue weighted by atomic mass is 9.99. The standard InChI is InChI=1S/C12H15N/c1-13-11-8-12(6-7-12)10-5-3-2-4-9(10)11/h2-5,11,13H,6-8H2,1H3. The van der Waals surface area contributed by atoms with E-state index >= 15 is 0 Å². The summed E-state index contributed by atoms with van der Waals surface area (Å²) in [4.78, 5) is 0. The maximum absolute atomic E-state index is 3.42. The van der Waals surface area contributed by atoms with Crippen LogP contribution in [-0.2, 0) is 5.41 Å². The van der Waals surface area contributed by atoms with Gasteiger partial charge in [0.2, 0.25) is 0 Å². The Kier molecular flexibility index (Phi) is 1.37. The van der Waals surface area contributed by atoms with Gasteiger partial charge >= 0.3 is 0 Å². The first-order chi connectivity index (χ1) is 6.36. The highest BCUT2D eigenvalue weighted by atomic mass is 14.9. The molecule has 13 heavy (non-hydrogen) atoms. The predicted octanol–water partition coefficient (Wildman–Crippen LogP) is 2.38. The van der Waals surface area contributed by atoms with Gasteiger partial charge in [-0.25, -0.2) is 0 Å². The third-order valence-electron chi connectivity index (χ3n) is 3.70. The lowest BCUT2D eigenvalue weighted by Crippen LogP contribution is -2.13. The molecule has 1 atom stereocenters. The summed E-state index contributed by atoms with van der Waals surface area (Å²) in [7, 11) is 2.07. The molecule has 2 aliphatic rings. The summed E-state index contributed by atoms with van der Waals surface area (Å²) < 4.78 is 0. The Labute approximate surface area is 79.2 Å². The van der Waals surface area contributed by atoms with Crippen molar-refractivity contribution in [3.63, 3.8) is 0 Å². The molecule has 1 fully saturated rings. The van der Waals surface area contributed by atoms with E-state index in [9.17, 15) is 0 Å². The molecule has 1 nitrogen and oxygen atoms in total. The molecule has 1 N–H and O–H groups in total. The molecule has 1 unspecified atom stereocenters. The lowest BCUT2D eigenvalue weighted by Gasteiger charge is -2.08. The number of hydrogen-bond acceptors (Lipinski definition) is 1. The van der Waals surface area contributed by atoms with Crippen LogP contribution in [-0.4, -0.2) is 7.05 Å². The highest BCUT2D eigenvalue weighted by Gasteiger charge is 2.51. The van der Waals surface area contributed by atoms with Crippen LogP contribution < -0.4 is 5.32 Å². The van der Waals surface area contributed by atoms with Crippen LogP contribution in [0.1, 0.15) is 36.4 Å². The van der Waals surface area contributed by atoms with Crippen LogP contribution in [0.5, 0.6) is 0 Å². The van der Waals surface area contributed by atoms with Gasteiger partial charge in [-0.3, -0.25) is 0 Å². The molecule has 0 radical (unpaired) electrons. The largest absolute Gasteiger partial charge is 0.313 e. The van der Waals surface area contributed by atoms with E-state index in [1.54, 1.807) is 11.1 Å².